The first-order chi connectivity index (χ1) is 9.45. The van der Waals surface area contributed by atoms with Crippen LogP contribution in [0.1, 0.15) is 18.5 Å². The number of methoxy groups -OCH3 is 1. The summed E-state index contributed by atoms with van der Waals surface area (Å²) in [6, 6.07) is 6.17. The number of amides is 2. The van der Waals surface area contributed by atoms with Crippen LogP contribution >= 0.6 is 11.6 Å². The zero-order valence-electron chi connectivity index (χ0n) is 11.4. The first kappa shape index (κ1) is 14.4. The Kier molecular flexibility index (Phi) is 3.99. The van der Waals surface area contributed by atoms with Gasteiger partial charge in [0.25, 0.3) is 0 Å². The molecular weight excluding hydrogens is 280 g/mol. The van der Waals surface area contributed by atoms with Crippen LogP contribution in [0.15, 0.2) is 35.5 Å². The summed E-state index contributed by atoms with van der Waals surface area (Å²) in [7, 11) is 2.92. The highest BCUT2D eigenvalue weighted by atomic mass is 35.5. The van der Waals surface area contributed by atoms with Crippen LogP contribution < -0.4 is 5.32 Å². The molecule has 2 amide bonds. The predicted molar refractivity (Wildman–Crippen MR) is 75.2 cm³/mol. The average Bonchev–Trinajstić information content (AvgIpc) is 2.44. The summed E-state index contributed by atoms with van der Waals surface area (Å²) in [5, 5.41) is 3.37. The van der Waals surface area contributed by atoms with Crippen LogP contribution in [0.4, 0.5) is 4.79 Å². The van der Waals surface area contributed by atoms with Crippen LogP contribution in [0, 0.1) is 0 Å². The Balaban J connectivity index is 2.51. The number of carbonyl (C=O) groups is 2. The Bertz CT molecular complexity index is 581. The van der Waals surface area contributed by atoms with Gasteiger partial charge in [-0.25, -0.2) is 9.59 Å². The van der Waals surface area contributed by atoms with Gasteiger partial charge in [-0.05, 0) is 24.6 Å². The fraction of sp³-hybridized carbons (Fsp3) is 0.286. The number of esters is 1. The monoisotopic (exact) mass is 294 g/mol. The van der Waals surface area contributed by atoms with Gasteiger partial charge in [0.05, 0.1) is 18.7 Å². The van der Waals surface area contributed by atoms with Crippen molar-refractivity contribution >= 4 is 23.6 Å². The normalized spacial score (nSPS) is 18.9. The molecule has 0 aromatic heterocycles. The number of rotatable bonds is 2. The van der Waals surface area contributed by atoms with Crippen LogP contribution in [0.3, 0.4) is 0 Å². The maximum absolute atomic E-state index is 12.0. The van der Waals surface area contributed by atoms with Gasteiger partial charge in [-0.2, -0.15) is 0 Å². The number of nitrogens with zero attached hydrogens (tertiary/aromatic N) is 1. The molecule has 0 bridgehead atoms. The molecule has 2 rings (SSSR count). The summed E-state index contributed by atoms with van der Waals surface area (Å²) in [6.45, 7) is 1.72. The van der Waals surface area contributed by atoms with Gasteiger partial charge in [-0.1, -0.05) is 23.7 Å². The number of hydrogen-bond acceptors (Lipinski definition) is 3. The SMILES string of the molecule is COC(=O)C1=C(C)N(C)C(=O)NC1c1ccc(Cl)cc1. The lowest BCUT2D eigenvalue weighted by molar-refractivity contribution is -0.136. The topological polar surface area (TPSA) is 58.6 Å². The minimum Gasteiger partial charge on any atom is -0.466 e. The van der Waals surface area contributed by atoms with Gasteiger partial charge in [0.2, 0.25) is 0 Å². The summed E-state index contributed by atoms with van der Waals surface area (Å²) < 4.78 is 4.82. The van der Waals surface area contributed by atoms with Gasteiger partial charge in [0.1, 0.15) is 0 Å². The number of halogens is 1. The van der Waals surface area contributed by atoms with E-state index in [1.807, 2.05) is 0 Å². The zero-order valence-corrected chi connectivity index (χ0v) is 12.2. The van der Waals surface area contributed by atoms with E-state index in [1.165, 1.54) is 12.0 Å². The largest absolute Gasteiger partial charge is 0.466 e. The van der Waals surface area contributed by atoms with Gasteiger partial charge in [0, 0.05) is 17.8 Å². The molecule has 1 heterocycles. The van der Waals surface area contributed by atoms with E-state index in [0.29, 0.717) is 16.3 Å². The maximum atomic E-state index is 12.0. The van der Waals surface area contributed by atoms with Crippen LogP contribution in [-0.2, 0) is 9.53 Å². The van der Waals surface area contributed by atoms with Gasteiger partial charge < -0.3 is 15.0 Å². The third kappa shape index (κ3) is 2.49. The molecule has 1 aliphatic heterocycles. The summed E-state index contributed by atoms with van der Waals surface area (Å²) in [6.07, 6.45) is 0. The third-order valence-electron chi connectivity index (χ3n) is 3.36. The second-order valence-corrected chi connectivity index (χ2v) is 4.92. The molecule has 0 spiro atoms. The number of ether oxygens (including phenoxy) is 1. The van der Waals surface area contributed by atoms with E-state index in [0.717, 1.165) is 5.56 Å². The Morgan fingerprint density at radius 3 is 2.50 bits per heavy atom. The van der Waals surface area contributed by atoms with E-state index in [1.54, 1.807) is 38.2 Å². The number of benzene rings is 1. The molecular formula is C14H15ClN2O3. The van der Waals surface area contributed by atoms with Gasteiger partial charge in [0.15, 0.2) is 0 Å². The second kappa shape index (κ2) is 5.54. The Hall–Kier alpha value is -2.01. The van der Waals surface area contributed by atoms with Crippen molar-refractivity contribution in [2.75, 3.05) is 14.2 Å². The molecule has 5 nitrogen and oxygen atoms in total. The fourth-order valence-corrected chi connectivity index (χ4v) is 2.24. The van der Waals surface area contributed by atoms with Crippen LogP contribution in [0.5, 0.6) is 0 Å². The highest BCUT2D eigenvalue weighted by Gasteiger charge is 2.34. The predicted octanol–water partition coefficient (Wildman–Crippen LogP) is 2.48. The van der Waals surface area contributed by atoms with Crippen molar-refractivity contribution < 1.29 is 14.3 Å². The highest BCUT2D eigenvalue weighted by Crippen LogP contribution is 2.30. The van der Waals surface area contributed by atoms with E-state index in [4.69, 9.17) is 16.3 Å². The first-order valence-corrected chi connectivity index (χ1v) is 6.42. The lowest BCUT2D eigenvalue weighted by Crippen LogP contribution is -2.46. The second-order valence-electron chi connectivity index (χ2n) is 4.48. The van der Waals surface area contributed by atoms with E-state index in [-0.39, 0.29) is 6.03 Å². The number of hydrogen-bond donors (Lipinski definition) is 1. The van der Waals surface area contributed by atoms with Crippen LogP contribution in [0.25, 0.3) is 0 Å². The lowest BCUT2D eigenvalue weighted by Gasteiger charge is -2.33. The zero-order chi connectivity index (χ0) is 14.9. The number of nitrogens with one attached hydrogen (secondary N) is 1. The molecule has 0 radical (unpaired) electrons. The van der Waals surface area contributed by atoms with Crippen molar-refractivity contribution in [3.05, 3.63) is 46.1 Å². The average molecular weight is 295 g/mol. The van der Waals surface area contributed by atoms with Crippen molar-refractivity contribution in [3.63, 3.8) is 0 Å². The number of urea groups is 1. The van der Waals surface area contributed by atoms with E-state index >= 15 is 0 Å². The number of allylic oxidation sites excluding steroid dienone is 1. The molecule has 1 N–H and O–H groups in total. The minimum absolute atomic E-state index is 0.268. The van der Waals surface area contributed by atoms with Gasteiger partial charge in [-0.15, -0.1) is 0 Å². The molecule has 106 valence electrons. The molecule has 1 aromatic rings. The molecule has 1 atom stereocenters. The Morgan fingerprint density at radius 1 is 1.35 bits per heavy atom. The molecule has 1 aromatic carbocycles. The van der Waals surface area contributed by atoms with E-state index < -0.39 is 12.0 Å². The summed E-state index contributed by atoms with van der Waals surface area (Å²) >= 11 is 5.86. The Morgan fingerprint density at radius 2 is 1.95 bits per heavy atom. The van der Waals surface area contributed by atoms with Crippen molar-refractivity contribution in [1.82, 2.24) is 10.2 Å². The Labute approximate surface area is 122 Å². The highest BCUT2D eigenvalue weighted by molar-refractivity contribution is 6.30. The standard InChI is InChI=1S/C14H15ClN2O3/c1-8-11(13(18)20-3)12(16-14(19)17(8)2)9-4-6-10(15)7-5-9/h4-7,12H,1-3H3,(H,16,19). The van der Waals surface area contributed by atoms with Gasteiger partial charge in [-0.3, -0.25) is 0 Å². The smallest absolute Gasteiger partial charge is 0.337 e. The molecule has 0 saturated carbocycles. The quantitative estimate of drug-likeness (QED) is 0.853. The van der Waals surface area contributed by atoms with Crippen molar-refractivity contribution in [2.45, 2.75) is 13.0 Å². The molecule has 20 heavy (non-hydrogen) atoms. The molecule has 0 aliphatic carbocycles. The first-order valence-electron chi connectivity index (χ1n) is 6.04. The summed E-state index contributed by atoms with van der Waals surface area (Å²) in [5.74, 6) is -0.464. The van der Waals surface area contributed by atoms with E-state index in [9.17, 15) is 9.59 Å². The molecule has 6 heteroatoms. The molecule has 1 unspecified atom stereocenters. The third-order valence-corrected chi connectivity index (χ3v) is 3.61. The summed E-state index contributed by atoms with van der Waals surface area (Å²) in [5.41, 5.74) is 1.76. The molecule has 1 aliphatic rings. The fourth-order valence-electron chi connectivity index (χ4n) is 2.12. The maximum Gasteiger partial charge on any atom is 0.337 e. The summed E-state index contributed by atoms with van der Waals surface area (Å²) in [4.78, 5) is 25.3. The van der Waals surface area contributed by atoms with Crippen LogP contribution in [-0.4, -0.2) is 31.1 Å². The minimum atomic E-state index is -0.539. The number of carbonyl (C=O) groups excluding carboxylic acids is 2. The van der Waals surface area contributed by atoms with Crippen molar-refractivity contribution in [3.8, 4) is 0 Å². The van der Waals surface area contributed by atoms with Crippen molar-refractivity contribution in [2.24, 2.45) is 0 Å². The van der Waals surface area contributed by atoms with Crippen LogP contribution in [0.2, 0.25) is 5.02 Å². The lowest BCUT2D eigenvalue weighted by atomic mass is 9.95. The molecule has 0 saturated heterocycles. The van der Waals surface area contributed by atoms with Crippen molar-refractivity contribution in [1.29, 1.82) is 0 Å². The molecule has 0 fully saturated rings. The van der Waals surface area contributed by atoms with Gasteiger partial charge >= 0.3 is 12.0 Å². The van der Waals surface area contributed by atoms with E-state index in [2.05, 4.69) is 5.32 Å².